The number of ether oxygens (including phenoxy) is 1. The fourth-order valence-corrected chi connectivity index (χ4v) is 3.95. The van der Waals surface area contributed by atoms with Crippen LogP contribution in [0.2, 0.25) is 0 Å². The van der Waals surface area contributed by atoms with Crippen molar-refractivity contribution in [2.75, 3.05) is 6.61 Å². The Morgan fingerprint density at radius 1 is 1.08 bits per heavy atom. The number of unbranched alkanes of at least 4 members (excludes halogenated alkanes) is 1. The van der Waals surface area contributed by atoms with Gasteiger partial charge in [0.05, 0.1) is 12.0 Å². The van der Waals surface area contributed by atoms with E-state index in [4.69, 9.17) is 4.74 Å². The van der Waals surface area contributed by atoms with Crippen LogP contribution in [0, 0.1) is 18.6 Å². The molecule has 8 nitrogen and oxygen atoms in total. The summed E-state index contributed by atoms with van der Waals surface area (Å²) in [5.41, 5.74) is -0.331. The van der Waals surface area contributed by atoms with Gasteiger partial charge in [0.1, 0.15) is 34.1 Å². The van der Waals surface area contributed by atoms with Gasteiger partial charge in [0.25, 0.3) is 11.5 Å². The minimum absolute atomic E-state index is 0.0231. The van der Waals surface area contributed by atoms with Gasteiger partial charge in [0.2, 0.25) is 0 Å². The Kier molecular flexibility index (Phi) is 7.05. The van der Waals surface area contributed by atoms with Gasteiger partial charge in [0.15, 0.2) is 5.49 Å². The van der Waals surface area contributed by atoms with Gasteiger partial charge >= 0.3 is 5.97 Å². The molecule has 0 radical (unpaired) electrons. The average Bonchev–Trinajstić information content (AvgIpc) is 2.84. The minimum atomic E-state index is -1.21. The first-order chi connectivity index (χ1) is 17.3. The third kappa shape index (κ3) is 4.41. The second-order valence-corrected chi connectivity index (χ2v) is 8.16. The molecule has 186 valence electrons. The van der Waals surface area contributed by atoms with Gasteiger partial charge in [-0.2, -0.15) is 4.99 Å². The van der Waals surface area contributed by atoms with Crippen LogP contribution in [0.1, 0.15) is 53.0 Å². The monoisotopic (exact) mass is 494 g/mol. The van der Waals surface area contributed by atoms with Gasteiger partial charge in [-0.3, -0.25) is 14.0 Å². The molecule has 10 heteroatoms. The number of carbonyl (C=O) groups is 2. The van der Waals surface area contributed by atoms with Crippen LogP contribution >= 0.6 is 0 Å². The van der Waals surface area contributed by atoms with Crippen molar-refractivity contribution in [1.82, 2.24) is 14.0 Å². The molecule has 0 aliphatic carbocycles. The summed E-state index contributed by atoms with van der Waals surface area (Å²) in [4.78, 5) is 48.0. The van der Waals surface area contributed by atoms with Gasteiger partial charge in [-0.05, 0) is 50.1 Å². The minimum Gasteiger partial charge on any atom is -0.462 e. The molecule has 0 fully saturated rings. The Bertz CT molecular complexity index is 1620. The van der Waals surface area contributed by atoms with Crippen LogP contribution in [-0.4, -0.2) is 32.4 Å². The lowest BCUT2D eigenvalue weighted by Gasteiger charge is -2.15. The maximum Gasteiger partial charge on any atom is 0.341 e. The molecule has 0 saturated carbocycles. The number of esters is 1. The smallest absolute Gasteiger partial charge is 0.341 e. The summed E-state index contributed by atoms with van der Waals surface area (Å²) < 4.78 is 36.7. The Balaban J connectivity index is 2.16. The van der Waals surface area contributed by atoms with E-state index in [1.54, 1.807) is 32.2 Å². The summed E-state index contributed by atoms with van der Waals surface area (Å²) in [5.74, 6) is -4.21. The van der Waals surface area contributed by atoms with E-state index in [-0.39, 0.29) is 35.2 Å². The van der Waals surface area contributed by atoms with Crippen molar-refractivity contribution >= 4 is 28.6 Å². The zero-order valence-electron chi connectivity index (χ0n) is 20.0. The number of hydrogen-bond donors (Lipinski definition) is 0. The van der Waals surface area contributed by atoms with E-state index < -0.39 is 34.6 Å². The van der Waals surface area contributed by atoms with E-state index >= 15 is 0 Å². The zero-order chi connectivity index (χ0) is 26.0. The van der Waals surface area contributed by atoms with Crippen molar-refractivity contribution in [3.63, 3.8) is 0 Å². The van der Waals surface area contributed by atoms with Crippen LogP contribution in [0.4, 0.5) is 8.78 Å². The number of aromatic nitrogens is 3. The number of amides is 1. The second kappa shape index (κ2) is 10.2. The fourth-order valence-electron chi connectivity index (χ4n) is 3.95. The van der Waals surface area contributed by atoms with Crippen LogP contribution < -0.4 is 11.0 Å². The molecular weight excluding hydrogens is 470 g/mol. The lowest BCUT2D eigenvalue weighted by atomic mass is 10.1. The SMILES string of the molecule is CCCCn1c(=NC(=O)c2c(F)cccc2F)c(C(=O)OCC)cc2c(=O)n3cccc(C)c3nc21. The summed E-state index contributed by atoms with van der Waals surface area (Å²) in [7, 11) is 0. The maximum atomic E-state index is 14.3. The van der Waals surface area contributed by atoms with E-state index in [2.05, 4.69) is 9.98 Å². The molecule has 4 rings (SSSR count). The number of aryl methyl sites for hydroxylation is 2. The van der Waals surface area contributed by atoms with Gasteiger partial charge < -0.3 is 9.30 Å². The zero-order valence-corrected chi connectivity index (χ0v) is 20.0. The van der Waals surface area contributed by atoms with Crippen LogP contribution in [0.25, 0.3) is 16.7 Å². The topological polar surface area (TPSA) is 95.0 Å². The molecule has 0 spiro atoms. The van der Waals surface area contributed by atoms with Crippen LogP contribution in [0.3, 0.4) is 0 Å². The molecule has 36 heavy (non-hydrogen) atoms. The molecule has 0 atom stereocenters. The number of halogens is 2. The molecule has 0 bridgehead atoms. The van der Waals surface area contributed by atoms with Gasteiger partial charge in [-0.25, -0.2) is 18.6 Å². The molecule has 3 heterocycles. The van der Waals surface area contributed by atoms with Crippen molar-refractivity contribution in [1.29, 1.82) is 0 Å². The number of nitrogens with zero attached hydrogens (tertiary/aromatic N) is 4. The number of rotatable bonds is 6. The van der Waals surface area contributed by atoms with Crippen molar-refractivity contribution in [3.05, 3.63) is 86.8 Å². The van der Waals surface area contributed by atoms with Crippen molar-refractivity contribution < 1.29 is 23.1 Å². The number of carbonyl (C=O) groups excluding carboxylic acids is 2. The van der Waals surface area contributed by atoms with Crippen LogP contribution in [0.15, 0.2) is 52.4 Å². The average molecular weight is 494 g/mol. The first-order valence-corrected chi connectivity index (χ1v) is 11.5. The van der Waals surface area contributed by atoms with E-state index in [9.17, 15) is 23.2 Å². The molecule has 1 aromatic carbocycles. The maximum absolute atomic E-state index is 14.3. The molecule has 4 aromatic rings. The summed E-state index contributed by atoms with van der Waals surface area (Å²) >= 11 is 0. The highest BCUT2D eigenvalue weighted by Crippen LogP contribution is 2.16. The third-order valence-electron chi connectivity index (χ3n) is 5.72. The largest absolute Gasteiger partial charge is 0.462 e. The van der Waals surface area contributed by atoms with Crippen molar-refractivity contribution in [3.8, 4) is 0 Å². The Labute approximate surface area is 204 Å². The molecule has 0 saturated heterocycles. The number of pyridine rings is 2. The first-order valence-electron chi connectivity index (χ1n) is 11.5. The number of hydrogen-bond acceptors (Lipinski definition) is 5. The highest BCUT2D eigenvalue weighted by molar-refractivity contribution is 5.97. The van der Waals surface area contributed by atoms with E-state index in [0.717, 1.165) is 30.2 Å². The predicted molar refractivity (Wildman–Crippen MR) is 129 cm³/mol. The highest BCUT2D eigenvalue weighted by Gasteiger charge is 2.22. The van der Waals surface area contributed by atoms with E-state index in [1.807, 2.05) is 6.92 Å². The summed E-state index contributed by atoms with van der Waals surface area (Å²) in [6.07, 6.45) is 2.89. The molecule has 0 aliphatic rings. The summed E-state index contributed by atoms with van der Waals surface area (Å²) in [6, 6.07) is 7.80. The Morgan fingerprint density at radius 3 is 2.47 bits per heavy atom. The summed E-state index contributed by atoms with van der Waals surface area (Å²) in [6.45, 7) is 5.60. The van der Waals surface area contributed by atoms with E-state index in [0.29, 0.717) is 12.1 Å². The Morgan fingerprint density at radius 2 is 1.81 bits per heavy atom. The van der Waals surface area contributed by atoms with E-state index in [1.165, 1.54) is 15.0 Å². The molecule has 3 aromatic heterocycles. The van der Waals surface area contributed by atoms with Crippen LogP contribution in [0.5, 0.6) is 0 Å². The third-order valence-corrected chi connectivity index (χ3v) is 5.72. The lowest BCUT2D eigenvalue weighted by molar-refractivity contribution is 0.0523. The normalized spacial score (nSPS) is 11.9. The van der Waals surface area contributed by atoms with Crippen molar-refractivity contribution in [2.24, 2.45) is 4.99 Å². The second-order valence-electron chi connectivity index (χ2n) is 8.16. The number of benzene rings is 1. The molecule has 0 aliphatic heterocycles. The molecule has 1 amide bonds. The highest BCUT2D eigenvalue weighted by atomic mass is 19.1. The lowest BCUT2D eigenvalue weighted by Crippen LogP contribution is -2.33. The first kappa shape index (κ1) is 24.9. The Hall–Kier alpha value is -4.21. The quantitative estimate of drug-likeness (QED) is 0.299. The van der Waals surface area contributed by atoms with Crippen LogP contribution in [-0.2, 0) is 11.3 Å². The molecule has 0 unspecified atom stereocenters. The molecular formula is C26H24F2N4O4. The predicted octanol–water partition coefficient (Wildman–Crippen LogP) is 3.95. The summed E-state index contributed by atoms with van der Waals surface area (Å²) in [5, 5.41) is 0.112. The van der Waals surface area contributed by atoms with Crippen molar-refractivity contribution in [2.45, 2.75) is 40.2 Å². The number of fused-ring (bicyclic) bond motifs is 2. The fraction of sp³-hybridized carbons (Fsp3) is 0.269. The standard InChI is InChI=1S/C26H24F2N4O4/c1-4-6-12-31-22-16(25(34)32-13-8-9-15(3)21(32)29-22)14-17(26(35)36-5-2)23(31)30-24(33)20-18(27)10-7-11-19(20)28/h7-11,13-14H,4-6,12H2,1-3H3. The van der Waals surface area contributed by atoms with Gasteiger partial charge in [-0.1, -0.05) is 25.5 Å². The molecule has 0 N–H and O–H groups in total. The van der Waals surface area contributed by atoms with Gasteiger partial charge in [0, 0.05) is 12.7 Å². The van der Waals surface area contributed by atoms with Gasteiger partial charge in [-0.15, -0.1) is 0 Å².